The van der Waals surface area contributed by atoms with Gasteiger partial charge in [0.1, 0.15) is 5.58 Å². The Kier molecular flexibility index (Phi) is 6.47. The topological polar surface area (TPSA) is 59.3 Å². The van der Waals surface area contributed by atoms with Gasteiger partial charge in [-0.25, -0.2) is 4.79 Å². The summed E-state index contributed by atoms with van der Waals surface area (Å²) < 4.78 is 5.32. The normalized spacial score (nSPS) is 12.1. The van der Waals surface area contributed by atoms with E-state index in [0.29, 0.717) is 22.1 Å². The predicted octanol–water partition coefficient (Wildman–Crippen LogP) is 5.17. The molecule has 3 rings (SSSR count). The molecule has 146 valence electrons. The zero-order valence-electron chi connectivity index (χ0n) is 16.0. The van der Waals surface area contributed by atoms with E-state index in [4.69, 9.17) is 16.0 Å². The van der Waals surface area contributed by atoms with Crippen molar-refractivity contribution in [3.63, 3.8) is 0 Å². The lowest BCUT2D eigenvalue weighted by molar-refractivity contribution is -0.119. The molecule has 0 unspecified atom stereocenters. The first-order chi connectivity index (χ1) is 13.3. The number of hydrogen-bond acceptors (Lipinski definition) is 4. The molecule has 1 N–H and O–H groups in total. The van der Waals surface area contributed by atoms with E-state index < -0.39 is 0 Å². The van der Waals surface area contributed by atoms with Gasteiger partial charge >= 0.3 is 5.63 Å². The van der Waals surface area contributed by atoms with Crippen LogP contribution in [0.3, 0.4) is 0 Å². The predicted molar refractivity (Wildman–Crippen MR) is 116 cm³/mol. The number of carbonyl (C=O) groups excluding carboxylic acids is 1. The molecular formula is C22H22ClNO3S. The monoisotopic (exact) mass is 415 g/mol. The average Bonchev–Trinajstić information content (AvgIpc) is 2.63. The maximum Gasteiger partial charge on any atom is 0.336 e. The van der Waals surface area contributed by atoms with Crippen LogP contribution in [0.5, 0.6) is 0 Å². The van der Waals surface area contributed by atoms with Gasteiger partial charge in [0.05, 0.1) is 11.8 Å². The number of fused-ring (bicyclic) bond motifs is 1. The van der Waals surface area contributed by atoms with E-state index in [1.807, 2.05) is 57.2 Å². The second kappa shape index (κ2) is 8.84. The molecule has 0 fully saturated rings. The van der Waals surface area contributed by atoms with Gasteiger partial charge in [-0.1, -0.05) is 23.7 Å². The minimum atomic E-state index is -0.368. The summed E-state index contributed by atoms with van der Waals surface area (Å²) in [4.78, 5) is 24.1. The molecule has 0 aliphatic heterocycles. The van der Waals surface area contributed by atoms with Gasteiger partial charge in [-0.05, 0) is 67.3 Å². The van der Waals surface area contributed by atoms with Crippen LogP contribution in [0.2, 0.25) is 5.02 Å². The summed E-state index contributed by atoms with van der Waals surface area (Å²) in [7, 11) is 0. The lowest BCUT2D eigenvalue weighted by Crippen LogP contribution is -2.28. The van der Waals surface area contributed by atoms with Crippen molar-refractivity contribution >= 4 is 40.2 Å². The van der Waals surface area contributed by atoms with Crippen molar-refractivity contribution in [3.8, 4) is 0 Å². The van der Waals surface area contributed by atoms with E-state index in [-0.39, 0.29) is 17.6 Å². The number of carbonyl (C=O) groups is 1. The van der Waals surface area contributed by atoms with E-state index in [2.05, 4.69) is 5.32 Å². The third kappa shape index (κ3) is 4.97. The molecule has 0 saturated heterocycles. The van der Waals surface area contributed by atoms with Crippen molar-refractivity contribution in [2.45, 2.75) is 32.6 Å². The molecular weight excluding hydrogens is 394 g/mol. The number of rotatable bonds is 6. The molecule has 4 nitrogen and oxygen atoms in total. The molecule has 3 aromatic rings. The molecule has 1 heterocycles. The lowest BCUT2D eigenvalue weighted by Gasteiger charge is -2.14. The summed E-state index contributed by atoms with van der Waals surface area (Å²) in [6.45, 7) is 5.96. The summed E-state index contributed by atoms with van der Waals surface area (Å²) in [6, 6.07) is 12.8. The number of nitrogens with one attached hydrogen (secondary N) is 1. The van der Waals surface area contributed by atoms with Gasteiger partial charge in [-0.3, -0.25) is 4.79 Å². The van der Waals surface area contributed by atoms with Gasteiger partial charge in [-0.2, -0.15) is 0 Å². The highest BCUT2D eigenvalue weighted by molar-refractivity contribution is 7.99. The summed E-state index contributed by atoms with van der Waals surface area (Å²) >= 11 is 7.37. The first-order valence-electron chi connectivity index (χ1n) is 9.00. The first-order valence-corrected chi connectivity index (χ1v) is 10.5. The second-order valence-corrected chi connectivity index (χ2v) is 8.28. The fraction of sp³-hybridized carbons (Fsp3) is 0.273. The first kappa shape index (κ1) is 20.5. The number of benzene rings is 2. The summed E-state index contributed by atoms with van der Waals surface area (Å²) in [6.07, 6.45) is 0. The molecule has 0 spiro atoms. The van der Waals surface area contributed by atoms with Crippen molar-refractivity contribution in [1.29, 1.82) is 0 Å². The Morgan fingerprint density at radius 1 is 1.14 bits per heavy atom. The van der Waals surface area contributed by atoms with Crippen LogP contribution in [0.4, 0.5) is 0 Å². The summed E-state index contributed by atoms with van der Waals surface area (Å²) in [5.74, 6) is 0.824. The fourth-order valence-corrected chi connectivity index (χ4v) is 3.93. The smallest absolute Gasteiger partial charge is 0.336 e. The SMILES string of the molecule is Cc1cc2oc(=O)cc(CSCC(=O)N[C@H](C)c3ccc(Cl)cc3)c2cc1C. The minimum Gasteiger partial charge on any atom is -0.423 e. The van der Waals surface area contributed by atoms with E-state index in [1.54, 1.807) is 0 Å². The zero-order valence-corrected chi connectivity index (χ0v) is 17.6. The third-order valence-corrected chi connectivity index (χ3v) is 5.92. The molecule has 28 heavy (non-hydrogen) atoms. The number of aryl methyl sites for hydroxylation is 2. The minimum absolute atomic E-state index is 0.0493. The van der Waals surface area contributed by atoms with Gasteiger partial charge in [0.2, 0.25) is 5.91 Å². The quantitative estimate of drug-likeness (QED) is 0.564. The summed E-state index contributed by atoms with van der Waals surface area (Å²) in [5, 5.41) is 4.57. The third-order valence-electron chi connectivity index (χ3n) is 4.68. The van der Waals surface area contributed by atoms with E-state index >= 15 is 0 Å². The molecule has 1 amide bonds. The number of amides is 1. The highest BCUT2D eigenvalue weighted by Crippen LogP contribution is 2.24. The largest absolute Gasteiger partial charge is 0.423 e. The molecule has 0 radical (unpaired) electrons. The second-order valence-electron chi connectivity index (χ2n) is 6.86. The molecule has 1 aromatic heterocycles. The Labute approximate surface area is 173 Å². The zero-order chi connectivity index (χ0) is 20.3. The molecule has 1 atom stereocenters. The maximum absolute atomic E-state index is 12.3. The van der Waals surface area contributed by atoms with Gasteiger partial charge in [-0.15, -0.1) is 11.8 Å². The average molecular weight is 416 g/mol. The molecule has 2 aromatic carbocycles. The van der Waals surface area contributed by atoms with Crippen LogP contribution in [-0.2, 0) is 10.5 Å². The summed E-state index contributed by atoms with van der Waals surface area (Å²) in [5.41, 5.74) is 4.33. The van der Waals surface area contributed by atoms with Gasteiger partial charge in [0.25, 0.3) is 0 Å². The molecule has 0 saturated carbocycles. The van der Waals surface area contributed by atoms with Crippen molar-refractivity contribution < 1.29 is 9.21 Å². The highest BCUT2D eigenvalue weighted by atomic mass is 35.5. The molecule has 0 bridgehead atoms. The van der Waals surface area contributed by atoms with Crippen LogP contribution in [0, 0.1) is 13.8 Å². The Hall–Kier alpha value is -2.24. The van der Waals surface area contributed by atoms with Gasteiger partial charge < -0.3 is 9.73 Å². The molecule has 0 aliphatic carbocycles. The number of thioether (sulfide) groups is 1. The van der Waals surface area contributed by atoms with Crippen molar-refractivity contribution in [3.05, 3.63) is 80.2 Å². The Morgan fingerprint density at radius 2 is 1.82 bits per heavy atom. The van der Waals surface area contributed by atoms with Crippen molar-refractivity contribution in [1.82, 2.24) is 5.32 Å². The van der Waals surface area contributed by atoms with Crippen LogP contribution >= 0.6 is 23.4 Å². The van der Waals surface area contributed by atoms with Crippen LogP contribution in [0.15, 0.2) is 51.7 Å². The highest BCUT2D eigenvalue weighted by Gasteiger charge is 2.12. The Balaban J connectivity index is 1.63. The Bertz CT molecular complexity index is 1060. The van der Waals surface area contributed by atoms with Gasteiger partial charge in [0, 0.05) is 22.2 Å². The number of hydrogen-bond donors (Lipinski definition) is 1. The maximum atomic E-state index is 12.3. The van der Waals surface area contributed by atoms with Crippen LogP contribution in [-0.4, -0.2) is 11.7 Å². The van der Waals surface area contributed by atoms with E-state index in [1.165, 1.54) is 17.8 Å². The standard InChI is InChI=1S/C22H22ClNO3S/c1-13-8-19-17(10-22(26)27-20(19)9-14(13)2)11-28-12-21(25)24-15(3)16-4-6-18(23)7-5-16/h4-10,15H,11-12H2,1-3H3,(H,24,25)/t15-/m1/s1. The van der Waals surface area contributed by atoms with Crippen molar-refractivity contribution in [2.75, 3.05) is 5.75 Å². The van der Waals surface area contributed by atoms with E-state index in [9.17, 15) is 9.59 Å². The fourth-order valence-electron chi connectivity index (χ4n) is 2.97. The lowest BCUT2D eigenvalue weighted by atomic mass is 10.0. The Morgan fingerprint density at radius 3 is 2.54 bits per heavy atom. The van der Waals surface area contributed by atoms with Crippen LogP contribution in [0.25, 0.3) is 11.0 Å². The number of halogens is 1. The van der Waals surface area contributed by atoms with Crippen LogP contribution in [0.1, 0.15) is 35.2 Å². The molecule has 6 heteroatoms. The van der Waals surface area contributed by atoms with Gasteiger partial charge in [0.15, 0.2) is 0 Å². The molecule has 0 aliphatic rings. The van der Waals surface area contributed by atoms with E-state index in [0.717, 1.165) is 27.6 Å². The van der Waals surface area contributed by atoms with Crippen LogP contribution < -0.4 is 10.9 Å². The van der Waals surface area contributed by atoms with Crippen molar-refractivity contribution in [2.24, 2.45) is 0 Å².